The monoisotopic (exact) mass is 404 g/mol. The van der Waals surface area contributed by atoms with E-state index in [0.717, 1.165) is 5.82 Å². The zero-order valence-corrected chi connectivity index (χ0v) is 16.4. The number of hydrogen-bond donors (Lipinski definition) is 2. The summed E-state index contributed by atoms with van der Waals surface area (Å²) in [6.07, 6.45) is 3.49. The van der Waals surface area contributed by atoms with Gasteiger partial charge in [-0.3, -0.25) is 4.57 Å². The van der Waals surface area contributed by atoms with Crippen LogP contribution >= 0.6 is 0 Å². The predicted octanol–water partition coefficient (Wildman–Crippen LogP) is 1.95. The normalized spacial score (nSPS) is 11.5. The minimum absolute atomic E-state index is 0.134. The molecular weight excluding hydrogens is 383 g/mol. The summed E-state index contributed by atoms with van der Waals surface area (Å²) in [4.78, 5) is 12.9. The van der Waals surface area contributed by atoms with E-state index in [-0.39, 0.29) is 12.1 Å². The second-order valence-corrected chi connectivity index (χ2v) is 7.98. The van der Waals surface area contributed by atoms with Crippen molar-refractivity contribution in [1.29, 1.82) is 0 Å². The third-order valence-electron chi connectivity index (χ3n) is 3.95. The molecule has 148 valence electrons. The van der Waals surface area contributed by atoms with Crippen LogP contribution in [-0.2, 0) is 15.8 Å². The Bertz CT molecular complexity index is 1070. The smallest absolute Gasteiger partial charge is 0.215 e. The summed E-state index contributed by atoms with van der Waals surface area (Å²) in [6.45, 7) is 4.10. The van der Waals surface area contributed by atoms with Crippen molar-refractivity contribution in [3.63, 3.8) is 0 Å². The van der Waals surface area contributed by atoms with E-state index >= 15 is 0 Å². The number of rotatable bonds is 8. The molecule has 0 amide bonds. The first-order chi connectivity index (χ1) is 13.3. The number of benzene rings is 1. The summed E-state index contributed by atoms with van der Waals surface area (Å²) >= 11 is 0. The highest BCUT2D eigenvalue weighted by Crippen LogP contribution is 2.13. The molecular formula is C18H21FN6O2S. The minimum Gasteiger partial charge on any atom is -0.369 e. The van der Waals surface area contributed by atoms with E-state index in [2.05, 4.69) is 25.0 Å². The van der Waals surface area contributed by atoms with Crippen molar-refractivity contribution in [3.05, 3.63) is 65.8 Å². The molecule has 0 aliphatic heterocycles. The van der Waals surface area contributed by atoms with E-state index in [0.29, 0.717) is 24.0 Å². The molecule has 8 nitrogen and oxygen atoms in total. The average molecular weight is 404 g/mol. The van der Waals surface area contributed by atoms with Crippen molar-refractivity contribution < 1.29 is 12.8 Å². The highest BCUT2D eigenvalue weighted by molar-refractivity contribution is 7.88. The fourth-order valence-corrected chi connectivity index (χ4v) is 3.81. The Morgan fingerprint density at radius 3 is 2.64 bits per heavy atom. The molecule has 3 rings (SSSR count). The molecule has 2 aromatic heterocycles. The number of aromatic nitrogens is 4. The third kappa shape index (κ3) is 5.11. The van der Waals surface area contributed by atoms with Crippen LogP contribution in [0.5, 0.6) is 0 Å². The van der Waals surface area contributed by atoms with E-state index in [1.54, 1.807) is 31.5 Å². The summed E-state index contributed by atoms with van der Waals surface area (Å²) in [6, 6.07) is 7.58. The lowest BCUT2D eigenvalue weighted by atomic mass is 10.2. The van der Waals surface area contributed by atoms with Crippen LogP contribution in [0.3, 0.4) is 0 Å². The minimum atomic E-state index is -3.64. The first kappa shape index (κ1) is 19.9. The van der Waals surface area contributed by atoms with Crippen molar-refractivity contribution in [3.8, 4) is 5.82 Å². The van der Waals surface area contributed by atoms with E-state index in [1.165, 1.54) is 18.2 Å². The van der Waals surface area contributed by atoms with Gasteiger partial charge in [0, 0.05) is 37.1 Å². The Balaban J connectivity index is 1.57. The SMILES string of the molecule is Cc1nc(NCCNS(=O)(=O)Cc2ccccc2F)cc(-n2ccnc2C)n1. The number of imidazole rings is 1. The standard InChI is InChI=1S/C18H21FN6O2S/c1-13-23-17(11-18(24-13)25-10-9-20-14(25)2)21-7-8-22-28(26,27)12-15-5-3-4-6-16(15)19/h3-6,9-11,22H,7-8,12H2,1-2H3,(H,21,23,24). The molecule has 28 heavy (non-hydrogen) atoms. The molecule has 0 unspecified atom stereocenters. The van der Waals surface area contributed by atoms with Gasteiger partial charge in [-0.1, -0.05) is 18.2 Å². The van der Waals surface area contributed by atoms with Gasteiger partial charge < -0.3 is 5.32 Å². The zero-order valence-electron chi connectivity index (χ0n) is 15.6. The van der Waals surface area contributed by atoms with Crippen molar-refractivity contribution in [2.24, 2.45) is 0 Å². The molecule has 1 aromatic carbocycles. The maximum atomic E-state index is 13.6. The van der Waals surface area contributed by atoms with Gasteiger partial charge in [0.15, 0.2) is 0 Å². The molecule has 2 heterocycles. The Morgan fingerprint density at radius 1 is 1.14 bits per heavy atom. The average Bonchev–Trinajstić information content (AvgIpc) is 3.06. The van der Waals surface area contributed by atoms with Crippen LogP contribution in [0.4, 0.5) is 10.2 Å². The van der Waals surface area contributed by atoms with Crippen LogP contribution in [0.15, 0.2) is 42.7 Å². The lowest BCUT2D eigenvalue weighted by Gasteiger charge is -2.11. The quantitative estimate of drug-likeness (QED) is 0.557. The van der Waals surface area contributed by atoms with Crippen LogP contribution < -0.4 is 10.0 Å². The fourth-order valence-electron chi connectivity index (χ4n) is 2.65. The maximum Gasteiger partial charge on any atom is 0.215 e. The van der Waals surface area contributed by atoms with Gasteiger partial charge in [0.1, 0.15) is 29.1 Å². The van der Waals surface area contributed by atoms with Gasteiger partial charge in [0.25, 0.3) is 0 Å². The second-order valence-electron chi connectivity index (χ2n) is 6.17. The summed E-state index contributed by atoms with van der Waals surface area (Å²) in [5, 5.41) is 3.07. The molecule has 0 radical (unpaired) electrons. The first-order valence-corrected chi connectivity index (χ1v) is 10.3. The van der Waals surface area contributed by atoms with Gasteiger partial charge in [-0.05, 0) is 19.9 Å². The van der Waals surface area contributed by atoms with Crippen molar-refractivity contribution in [2.45, 2.75) is 19.6 Å². The number of sulfonamides is 1. The number of halogens is 1. The summed E-state index contributed by atoms with van der Waals surface area (Å²) < 4.78 is 42.2. The molecule has 0 bridgehead atoms. The van der Waals surface area contributed by atoms with Gasteiger partial charge in [-0.15, -0.1) is 0 Å². The van der Waals surface area contributed by atoms with Crippen LogP contribution in [0.25, 0.3) is 5.82 Å². The van der Waals surface area contributed by atoms with Crippen LogP contribution in [0.1, 0.15) is 17.2 Å². The summed E-state index contributed by atoms with van der Waals surface area (Å²) in [5.74, 6) is 1.67. The number of hydrogen-bond acceptors (Lipinski definition) is 6. The highest BCUT2D eigenvalue weighted by atomic mass is 32.2. The van der Waals surface area contributed by atoms with Gasteiger partial charge in [0.2, 0.25) is 10.0 Å². The zero-order chi connectivity index (χ0) is 20.1. The molecule has 0 aliphatic rings. The lowest BCUT2D eigenvalue weighted by Crippen LogP contribution is -2.30. The number of anilines is 1. The van der Waals surface area contributed by atoms with Gasteiger partial charge in [-0.2, -0.15) is 0 Å². The summed E-state index contributed by atoms with van der Waals surface area (Å²) in [5.41, 5.74) is 0.134. The molecule has 10 heteroatoms. The van der Waals surface area contributed by atoms with Crippen LogP contribution in [-0.4, -0.2) is 41.0 Å². The molecule has 3 aromatic rings. The van der Waals surface area contributed by atoms with Crippen LogP contribution in [0, 0.1) is 19.7 Å². The molecule has 0 spiro atoms. The molecule has 0 atom stereocenters. The lowest BCUT2D eigenvalue weighted by molar-refractivity contribution is 0.575. The van der Waals surface area contributed by atoms with E-state index in [1.807, 2.05) is 11.5 Å². The highest BCUT2D eigenvalue weighted by Gasteiger charge is 2.14. The molecule has 0 saturated heterocycles. The Morgan fingerprint density at radius 2 is 1.93 bits per heavy atom. The topological polar surface area (TPSA) is 102 Å². The summed E-state index contributed by atoms with van der Waals surface area (Å²) in [7, 11) is -3.64. The van der Waals surface area contributed by atoms with Crippen molar-refractivity contribution in [1.82, 2.24) is 24.2 Å². The van der Waals surface area contributed by atoms with Crippen LogP contribution in [0.2, 0.25) is 0 Å². The van der Waals surface area contributed by atoms with Gasteiger partial charge >= 0.3 is 0 Å². The van der Waals surface area contributed by atoms with E-state index < -0.39 is 21.6 Å². The Kier molecular flexibility index (Phi) is 6.00. The molecule has 2 N–H and O–H groups in total. The third-order valence-corrected chi connectivity index (χ3v) is 5.29. The fraction of sp³-hybridized carbons (Fsp3) is 0.278. The van der Waals surface area contributed by atoms with Crippen molar-refractivity contribution in [2.75, 3.05) is 18.4 Å². The van der Waals surface area contributed by atoms with Crippen molar-refractivity contribution >= 4 is 15.8 Å². The Labute approximate surface area is 162 Å². The molecule has 0 fully saturated rings. The number of aryl methyl sites for hydroxylation is 2. The molecule has 0 aliphatic carbocycles. The predicted molar refractivity (Wildman–Crippen MR) is 104 cm³/mol. The molecule has 0 saturated carbocycles. The second kappa shape index (κ2) is 8.44. The Hall–Kier alpha value is -2.85. The largest absolute Gasteiger partial charge is 0.369 e. The van der Waals surface area contributed by atoms with Gasteiger partial charge in [-0.25, -0.2) is 32.5 Å². The van der Waals surface area contributed by atoms with E-state index in [9.17, 15) is 12.8 Å². The number of nitrogens with one attached hydrogen (secondary N) is 2. The van der Waals surface area contributed by atoms with Gasteiger partial charge in [0.05, 0.1) is 5.75 Å². The number of nitrogens with zero attached hydrogens (tertiary/aromatic N) is 4. The van der Waals surface area contributed by atoms with E-state index in [4.69, 9.17) is 0 Å². The maximum absolute atomic E-state index is 13.6. The first-order valence-electron chi connectivity index (χ1n) is 8.65.